The van der Waals surface area contributed by atoms with Crippen molar-refractivity contribution in [3.8, 4) is 11.4 Å². The van der Waals surface area contributed by atoms with Crippen LogP contribution in [-0.2, 0) is 10.0 Å². The largest absolute Gasteiger partial charge is 0.322 e. The molecule has 0 spiro atoms. The summed E-state index contributed by atoms with van der Waals surface area (Å²) < 4.78 is 26.6. The number of anilines is 2. The summed E-state index contributed by atoms with van der Waals surface area (Å²) in [4.78, 5) is 19.1. The van der Waals surface area contributed by atoms with Crippen molar-refractivity contribution in [2.75, 3.05) is 25.5 Å². The lowest BCUT2D eigenvalue weighted by atomic mass is 10.2. The van der Waals surface area contributed by atoms with Crippen molar-refractivity contribution in [1.29, 1.82) is 0 Å². The number of rotatable bonds is 9. The van der Waals surface area contributed by atoms with Crippen molar-refractivity contribution in [1.82, 2.24) is 24.5 Å². The number of H-pyrrole nitrogens is 1. The number of likely N-dealkylation sites (N-methyl/N-ethyl adjacent to an activating group) is 1. The minimum Gasteiger partial charge on any atom is -0.322 e. The molecule has 2 heterocycles. The number of nitrogens with one attached hydrogen (secondary N) is 2. The summed E-state index contributed by atoms with van der Waals surface area (Å²) in [5.41, 5.74) is 1.57. The molecule has 0 aliphatic heterocycles. The van der Waals surface area contributed by atoms with Crippen LogP contribution in [0.1, 0.15) is 24.5 Å². The second-order valence-corrected chi connectivity index (χ2v) is 9.66. The fourth-order valence-corrected chi connectivity index (χ4v) is 4.34. The average Bonchev–Trinajstić information content (AvgIpc) is 3.52. The monoisotopic (exact) mass is 461 g/mol. The molecule has 1 aliphatic carbocycles. The molecule has 2 aromatic heterocycles. The highest BCUT2D eigenvalue weighted by atomic mass is 35.5. The molecule has 0 bridgehead atoms. The Morgan fingerprint density at radius 1 is 1.32 bits per heavy atom. The molecule has 10 nitrogen and oxygen atoms in total. The van der Waals surface area contributed by atoms with Gasteiger partial charge in [0.05, 0.1) is 17.6 Å². The van der Waals surface area contributed by atoms with E-state index in [-0.39, 0.29) is 18.0 Å². The third-order valence-electron chi connectivity index (χ3n) is 4.91. The molecule has 1 aromatic carbocycles. The van der Waals surface area contributed by atoms with Gasteiger partial charge < -0.3 is 5.32 Å². The van der Waals surface area contributed by atoms with Gasteiger partial charge in [0.2, 0.25) is 10.0 Å². The zero-order valence-electron chi connectivity index (χ0n) is 16.6. The third kappa shape index (κ3) is 4.73. The van der Waals surface area contributed by atoms with Crippen molar-refractivity contribution < 1.29 is 8.42 Å². The topological polar surface area (TPSA) is 133 Å². The quantitative estimate of drug-likeness (QED) is 0.465. The summed E-state index contributed by atoms with van der Waals surface area (Å²) in [5, 5.41) is 13.3. The van der Waals surface area contributed by atoms with Crippen LogP contribution in [-0.4, -0.2) is 53.0 Å². The summed E-state index contributed by atoms with van der Waals surface area (Å²) in [6.45, 7) is -0.130. The van der Waals surface area contributed by atoms with Crippen molar-refractivity contribution in [2.24, 2.45) is 5.18 Å². The Morgan fingerprint density at radius 2 is 2.13 bits per heavy atom. The van der Waals surface area contributed by atoms with Crippen LogP contribution >= 0.6 is 11.6 Å². The highest BCUT2D eigenvalue weighted by molar-refractivity contribution is 7.89. The maximum Gasteiger partial charge on any atom is 0.242 e. The van der Waals surface area contributed by atoms with Gasteiger partial charge in [0.15, 0.2) is 17.5 Å². The van der Waals surface area contributed by atoms with Gasteiger partial charge in [-0.05, 0) is 25.0 Å². The van der Waals surface area contributed by atoms with Crippen LogP contribution < -0.4 is 5.32 Å². The molecule has 3 aromatic rings. The molecule has 0 atom stereocenters. The predicted octanol–water partition coefficient (Wildman–Crippen LogP) is 3.53. The molecule has 2 N–H and O–H groups in total. The summed E-state index contributed by atoms with van der Waals surface area (Å²) in [6.07, 6.45) is 3.75. The molecule has 0 saturated heterocycles. The first-order valence-electron chi connectivity index (χ1n) is 9.59. The van der Waals surface area contributed by atoms with Crippen molar-refractivity contribution in [2.45, 2.75) is 23.7 Å². The molecule has 31 heavy (non-hydrogen) atoms. The van der Waals surface area contributed by atoms with Gasteiger partial charge in [0.25, 0.3) is 0 Å². The molecule has 1 saturated carbocycles. The number of nitrogens with zero attached hydrogens (tertiary/aromatic N) is 5. The van der Waals surface area contributed by atoms with Gasteiger partial charge in [-0.2, -0.15) is 14.3 Å². The third-order valence-corrected chi connectivity index (χ3v) is 7.04. The Labute approximate surface area is 184 Å². The second-order valence-electron chi connectivity index (χ2n) is 7.21. The van der Waals surface area contributed by atoms with Crippen LogP contribution in [0.5, 0.6) is 0 Å². The zero-order chi connectivity index (χ0) is 22.0. The van der Waals surface area contributed by atoms with Crippen LogP contribution in [0.25, 0.3) is 11.4 Å². The lowest BCUT2D eigenvalue weighted by Gasteiger charge is -2.16. The first-order chi connectivity index (χ1) is 14.9. The number of hydrogen-bond donors (Lipinski definition) is 2. The SMILES string of the molecule is CN(CCN=O)S(=O)(=O)c1cccc(-c2ncc(Cl)c(Nc3cc(C4CC4)[nH]n3)n2)c1. The first kappa shape index (κ1) is 21.3. The Morgan fingerprint density at radius 3 is 2.87 bits per heavy atom. The van der Waals surface area contributed by atoms with E-state index in [0.29, 0.717) is 34.0 Å². The van der Waals surface area contributed by atoms with Gasteiger partial charge in [-0.3, -0.25) is 5.10 Å². The van der Waals surface area contributed by atoms with Crippen LogP contribution in [0.15, 0.2) is 46.6 Å². The van der Waals surface area contributed by atoms with Gasteiger partial charge in [-0.1, -0.05) is 28.9 Å². The fourth-order valence-electron chi connectivity index (χ4n) is 3.00. The summed E-state index contributed by atoms with van der Waals surface area (Å²) in [7, 11) is -2.39. The zero-order valence-corrected chi connectivity index (χ0v) is 18.2. The fraction of sp³-hybridized carbons (Fsp3) is 0.316. The Bertz CT molecular complexity index is 1210. The van der Waals surface area contributed by atoms with Gasteiger partial charge in [0, 0.05) is 36.8 Å². The molecule has 0 amide bonds. The maximum atomic E-state index is 12.7. The smallest absolute Gasteiger partial charge is 0.242 e. The van der Waals surface area contributed by atoms with E-state index < -0.39 is 10.0 Å². The number of sulfonamides is 1. The molecule has 0 radical (unpaired) electrons. The lowest BCUT2D eigenvalue weighted by molar-refractivity contribution is 0.476. The normalized spacial score (nSPS) is 14.0. The number of benzene rings is 1. The Balaban J connectivity index is 1.60. The van der Waals surface area contributed by atoms with Crippen molar-refractivity contribution in [3.05, 3.63) is 52.2 Å². The van der Waals surface area contributed by atoms with E-state index in [0.717, 1.165) is 22.8 Å². The molecule has 162 valence electrons. The molecule has 0 unspecified atom stereocenters. The molecular weight excluding hydrogens is 442 g/mol. The van der Waals surface area contributed by atoms with Crippen LogP contribution in [0.3, 0.4) is 0 Å². The van der Waals surface area contributed by atoms with E-state index in [9.17, 15) is 13.3 Å². The van der Waals surface area contributed by atoms with E-state index >= 15 is 0 Å². The average molecular weight is 462 g/mol. The van der Waals surface area contributed by atoms with Gasteiger partial charge in [-0.15, -0.1) is 0 Å². The van der Waals surface area contributed by atoms with Gasteiger partial charge in [0.1, 0.15) is 5.02 Å². The van der Waals surface area contributed by atoms with E-state index in [1.54, 1.807) is 12.1 Å². The summed E-state index contributed by atoms with van der Waals surface area (Å²) in [6, 6.07) is 8.19. The standard InChI is InChI=1S/C19H20ClN7O3S/c1-27(8-7-22-28)31(29,30)14-4-2-3-13(9-14)18-21-11-15(20)19(24-18)23-17-10-16(25-26-17)12-5-6-12/h2-4,9-12H,5-8H2,1H3,(H2,21,23,24,25,26). The second kappa shape index (κ2) is 8.69. The van der Waals surface area contributed by atoms with E-state index in [2.05, 4.69) is 30.7 Å². The lowest BCUT2D eigenvalue weighted by Crippen LogP contribution is -2.29. The molecule has 1 fully saturated rings. The first-order valence-corrected chi connectivity index (χ1v) is 11.4. The van der Waals surface area contributed by atoms with E-state index in [1.165, 1.54) is 25.4 Å². The molecule has 12 heteroatoms. The maximum absolute atomic E-state index is 12.7. The number of hydrogen-bond acceptors (Lipinski definition) is 8. The Hall–Kier alpha value is -2.89. The van der Waals surface area contributed by atoms with Crippen LogP contribution in [0.2, 0.25) is 5.02 Å². The minimum atomic E-state index is -3.79. The molecule has 4 rings (SSSR count). The number of aromatic amines is 1. The number of aromatic nitrogens is 4. The highest BCUT2D eigenvalue weighted by Gasteiger charge is 2.26. The van der Waals surface area contributed by atoms with E-state index in [4.69, 9.17) is 11.6 Å². The number of nitroso groups, excluding NO2 is 1. The summed E-state index contributed by atoms with van der Waals surface area (Å²) in [5.74, 6) is 1.79. The van der Waals surface area contributed by atoms with Crippen LogP contribution in [0, 0.1) is 4.91 Å². The highest BCUT2D eigenvalue weighted by Crippen LogP contribution is 2.39. The minimum absolute atomic E-state index is 0.00587. The summed E-state index contributed by atoms with van der Waals surface area (Å²) >= 11 is 6.25. The molecule has 1 aliphatic rings. The Kier molecular flexibility index (Phi) is 5.99. The molecular formula is C19H20ClN7O3S. The van der Waals surface area contributed by atoms with Crippen molar-refractivity contribution in [3.63, 3.8) is 0 Å². The van der Waals surface area contributed by atoms with E-state index in [1.807, 2.05) is 6.07 Å². The van der Waals surface area contributed by atoms with Gasteiger partial charge in [-0.25, -0.2) is 18.4 Å². The number of halogens is 1. The van der Waals surface area contributed by atoms with Gasteiger partial charge >= 0.3 is 0 Å². The van der Waals surface area contributed by atoms with Crippen LogP contribution in [0.4, 0.5) is 11.6 Å². The predicted molar refractivity (Wildman–Crippen MR) is 117 cm³/mol. The van der Waals surface area contributed by atoms with Crippen molar-refractivity contribution >= 4 is 33.3 Å².